The summed E-state index contributed by atoms with van der Waals surface area (Å²) in [5, 5.41) is 2.83. The third-order valence-corrected chi connectivity index (χ3v) is 2.79. The van der Waals surface area contributed by atoms with Gasteiger partial charge in [-0.05, 0) is 37.0 Å². The van der Waals surface area contributed by atoms with Gasteiger partial charge in [-0.15, -0.1) is 0 Å². The maximum Gasteiger partial charge on any atom is 0.237 e. The fourth-order valence-corrected chi connectivity index (χ4v) is 1.77. The molecule has 0 saturated heterocycles. The van der Waals surface area contributed by atoms with Gasteiger partial charge in [0.15, 0.2) is 0 Å². The summed E-state index contributed by atoms with van der Waals surface area (Å²) >= 11 is 0. The summed E-state index contributed by atoms with van der Waals surface area (Å²) in [6, 6.07) is 5.42. The molecule has 2 atom stereocenters. The van der Waals surface area contributed by atoms with Crippen molar-refractivity contribution >= 4 is 5.91 Å². The molecule has 0 radical (unpaired) electrons. The molecule has 0 bridgehead atoms. The zero-order valence-corrected chi connectivity index (χ0v) is 11.1. The Kier molecular flexibility index (Phi) is 5.28. The number of carbonyl (C=O) groups is 1. The second kappa shape index (κ2) is 6.50. The molecule has 3 N–H and O–H groups in total. The summed E-state index contributed by atoms with van der Waals surface area (Å²) in [5.74, 6) is -0.0683. The highest BCUT2D eigenvalue weighted by Crippen LogP contribution is 2.13. The van der Waals surface area contributed by atoms with Crippen molar-refractivity contribution in [2.45, 2.75) is 39.3 Å². The molecule has 1 amide bonds. The predicted molar refractivity (Wildman–Crippen MR) is 70.4 cm³/mol. The van der Waals surface area contributed by atoms with E-state index in [-0.39, 0.29) is 17.8 Å². The molecule has 0 aliphatic heterocycles. The Morgan fingerprint density at radius 2 is 1.83 bits per heavy atom. The predicted octanol–water partition coefficient (Wildman–Crippen LogP) is 2.38. The Hall–Kier alpha value is -1.42. The number of hydrogen-bond acceptors (Lipinski definition) is 2. The van der Waals surface area contributed by atoms with Crippen LogP contribution >= 0.6 is 0 Å². The summed E-state index contributed by atoms with van der Waals surface area (Å²) in [6.07, 6.45) is 0.655. The number of nitrogens with one attached hydrogen (secondary N) is 1. The first-order chi connectivity index (χ1) is 8.40. The molecule has 1 rings (SSSR count). The van der Waals surface area contributed by atoms with Crippen LogP contribution in [0.5, 0.6) is 0 Å². The van der Waals surface area contributed by atoms with E-state index < -0.39 is 6.04 Å². The van der Waals surface area contributed by atoms with Crippen molar-refractivity contribution in [2.75, 3.05) is 0 Å². The first-order valence-corrected chi connectivity index (χ1v) is 6.21. The van der Waals surface area contributed by atoms with E-state index >= 15 is 0 Å². The third kappa shape index (κ3) is 4.45. The van der Waals surface area contributed by atoms with E-state index in [9.17, 15) is 9.18 Å². The van der Waals surface area contributed by atoms with Crippen LogP contribution in [0.4, 0.5) is 4.39 Å². The van der Waals surface area contributed by atoms with Gasteiger partial charge in [-0.25, -0.2) is 4.39 Å². The SMILES string of the molecule is CC(C)CC(N)C(=O)N[C@@H](C)c1ccc(F)cc1. The molecular weight excluding hydrogens is 231 g/mol. The van der Waals surface area contributed by atoms with E-state index in [0.29, 0.717) is 12.3 Å². The normalized spacial score (nSPS) is 14.3. The van der Waals surface area contributed by atoms with Gasteiger partial charge < -0.3 is 11.1 Å². The lowest BCUT2D eigenvalue weighted by atomic mass is 10.0. The first kappa shape index (κ1) is 14.6. The molecule has 0 aliphatic rings. The second-order valence-corrected chi connectivity index (χ2v) is 5.02. The van der Waals surface area contributed by atoms with Crippen LogP contribution in [-0.4, -0.2) is 11.9 Å². The number of carbonyl (C=O) groups excluding carboxylic acids is 1. The molecule has 0 heterocycles. The van der Waals surface area contributed by atoms with E-state index in [1.165, 1.54) is 12.1 Å². The average molecular weight is 252 g/mol. The van der Waals surface area contributed by atoms with Crippen molar-refractivity contribution in [3.8, 4) is 0 Å². The molecule has 0 saturated carbocycles. The number of nitrogens with two attached hydrogens (primary N) is 1. The zero-order valence-electron chi connectivity index (χ0n) is 11.1. The fraction of sp³-hybridized carbons (Fsp3) is 0.500. The number of amides is 1. The molecule has 100 valence electrons. The van der Waals surface area contributed by atoms with Crippen LogP contribution in [0.2, 0.25) is 0 Å². The van der Waals surface area contributed by atoms with Crippen LogP contribution in [0.1, 0.15) is 38.8 Å². The topological polar surface area (TPSA) is 55.1 Å². The maximum absolute atomic E-state index is 12.8. The molecule has 18 heavy (non-hydrogen) atoms. The van der Waals surface area contributed by atoms with Crippen molar-refractivity contribution in [3.63, 3.8) is 0 Å². The summed E-state index contributed by atoms with van der Waals surface area (Å²) in [4.78, 5) is 11.8. The van der Waals surface area contributed by atoms with E-state index in [4.69, 9.17) is 5.73 Å². The average Bonchev–Trinajstić information content (AvgIpc) is 2.28. The van der Waals surface area contributed by atoms with Crippen molar-refractivity contribution in [2.24, 2.45) is 11.7 Å². The molecule has 0 aromatic heterocycles. The molecule has 0 fully saturated rings. The van der Waals surface area contributed by atoms with Gasteiger partial charge >= 0.3 is 0 Å². The van der Waals surface area contributed by atoms with Crippen molar-refractivity contribution < 1.29 is 9.18 Å². The largest absolute Gasteiger partial charge is 0.348 e. The van der Waals surface area contributed by atoms with Crippen LogP contribution in [0, 0.1) is 11.7 Å². The number of halogens is 1. The Morgan fingerprint density at radius 1 is 1.28 bits per heavy atom. The van der Waals surface area contributed by atoms with Crippen molar-refractivity contribution in [1.82, 2.24) is 5.32 Å². The highest BCUT2D eigenvalue weighted by atomic mass is 19.1. The van der Waals surface area contributed by atoms with Crippen LogP contribution < -0.4 is 11.1 Å². The monoisotopic (exact) mass is 252 g/mol. The summed E-state index contributed by atoms with van der Waals surface area (Å²) in [6.45, 7) is 5.90. The van der Waals surface area contributed by atoms with Crippen molar-refractivity contribution in [1.29, 1.82) is 0 Å². The highest BCUT2D eigenvalue weighted by Gasteiger charge is 2.17. The quantitative estimate of drug-likeness (QED) is 0.845. The minimum Gasteiger partial charge on any atom is -0.348 e. The van der Waals surface area contributed by atoms with Crippen LogP contribution in [0.15, 0.2) is 24.3 Å². The summed E-state index contributed by atoms with van der Waals surface area (Å²) in [7, 11) is 0. The fourth-order valence-electron chi connectivity index (χ4n) is 1.77. The Bertz CT molecular complexity index is 389. The highest BCUT2D eigenvalue weighted by molar-refractivity contribution is 5.81. The second-order valence-electron chi connectivity index (χ2n) is 5.02. The minimum absolute atomic E-state index is 0.166. The van der Waals surface area contributed by atoms with E-state index in [1.54, 1.807) is 12.1 Å². The van der Waals surface area contributed by atoms with Gasteiger partial charge in [0.1, 0.15) is 5.82 Å². The van der Waals surface area contributed by atoms with Gasteiger partial charge in [-0.2, -0.15) is 0 Å². The van der Waals surface area contributed by atoms with Gasteiger partial charge in [-0.3, -0.25) is 4.79 Å². The first-order valence-electron chi connectivity index (χ1n) is 6.21. The van der Waals surface area contributed by atoms with E-state index in [2.05, 4.69) is 5.32 Å². The summed E-state index contributed by atoms with van der Waals surface area (Å²) < 4.78 is 12.8. The van der Waals surface area contributed by atoms with Gasteiger partial charge in [0.25, 0.3) is 0 Å². The van der Waals surface area contributed by atoms with Gasteiger partial charge in [0.2, 0.25) is 5.91 Å². The van der Waals surface area contributed by atoms with Crippen LogP contribution in [0.25, 0.3) is 0 Å². The molecule has 1 unspecified atom stereocenters. The molecule has 0 spiro atoms. The maximum atomic E-state index is 12.8. The smallest absolute Gasteiger partial charge is 0.237 e. The van der Waals surface area contributed by atoms with E-state index in [1.807, 2.05) is 20.8 Å². The van der Waals surface area contributed by atoms with Crippen LogP contribution in [-0.2, 0) is 4.79 Å². The molecule has 0 aliphatic carbocycles. The Labute approximate surface area is 108 Å². The van der Waals surface area contributed by atoms with Crippen LogP contribution in [0.3, 0.4) is 0 Å². The molecule has 4 heteroatoms. The van der Waals surface area contributed by atoms with Gasteiger partial charge in [0, 0.05) is 0 Å². The lowest BCUT2D eigenvalue weighted by Crippen LogP contribution is -2.42. The van der Waals surface area contributed by atoms with Gasteiger partial charge in [-0.1, -0.05) is 26.0 Å². The minimum atomic E-state index is -0.493. The molecular formula is C14H21FN2O. The third-order valence-electron chi connectivity index (χ3n) is 2.79. The molecule has 1 aromatic rings. The van der Waals surface area contributed by atoms with Gasteiger partial charge in [0.05, 0.1) is 12.1 Å². The lowest BCUT2D eigenvalue weighted by Gasteiger charge is -2.19. The number of benzene rings is 1. The summed E-state index contributed by atoms with van der Waals surface area (Å²) in [5.41, 5.74) is 6.66. The standard InChI is InChI=1S/C14H21FN2O/c1-9(2)8-13(16)14(18)17-10(3)11-4-6-12(15)7-5-11/h4-7,9-10,13H,8,16H2,1-3H3,(H,17,18)/t10-,13?/m0/s1. The zero-order chi connectivity index (χ0) is 13.7. The molecule has 3 nitrogen and oxygen atoms in total. The Balaban J connectivity index is 2.56. The van der Waals surface area contributed by atoms with Crippen molar-refractivity contribution in [3.05, 3.63) is 35.6 Å². The number of hydrogen-bond donors (Lipinski definition) is 2. The number of rotatable bonds is 5. The lowest BCUT2D eigenvalue weighted by molar-refractivity contribution is -0.123. The van der Waals surface area contributed by atoms with E-state index in [0.717, 1.165) is 5.56 Å². The molecule has 1 aromatic carbocycles. The Morgan fingerprint density at radius 3 is 2.33 bits per heavy atom.